The zero-order valence-electron chi connectivity index (χ0n) is 17.8. The van der Waals surface area contributed by atoms with E-state index in [1.165, 1.54) is 7.11 Å². The van der Waals surface area contributed by atoms with E-state index in [2.05, 4.69) is 40.4 Å². The van der Waals surface area contributed by atoms with Crippen LogP contribution in [0.25, 0.3) is 5.57 Å². The lowest BCUT2D eigenvalue weighted by Crippen LogP contribution is -2.40. The van der Waals surface area contributed by atoms with Gasteiger partial charge in [-0.25, -0.2) is 0 Å². The summed E-state index contributed by atoms with van der Waals surface area (Å²) in [5, 5.41) is 0.187. The second kappa shape index (κ2) is 8.70. The SMILES string of the molecule is C=C(c1cccc(CO[Si](C)(C)C(C)(C)C)n1)[C@H]1CC[C@H](C(=O)OC)CC1. The van der Waals surface area contributed by atoms with E-state index >= 15 is 0 Å². The Bertz CT molecular complexity index is 670. The third-order valence-corrected chi connectivity index (χ3v) is 10.8. The Labute approximate surface area is 165 Å². The quantitative estimate of drug-likeness (QED) is 0.469. The van der Waals surface area contributed by atoms with Gasteiger partial charge in [0.2, 0.25) is 0 Å². The van der Waals surface area contributed by atoms with Crippen LogP contribution in [0, 0.1) is 11.8 Å². The number of rotatable bonds is 6. The van der Waals surface area contributed by atoms with E-state index in [1.807, 2.05) is 18.2 Å². The van der Waals surface area contributed by atoms with Gasteiger partial charge in [0, 0.05) is 0 Å². The number of carbonyl (C=O) groups is 1. The van der Waals surface area contributed by atoms with Crippen LogP contribution in [0.4, 0.5) is 0 Å². The molecule has 0 spiro atoms. The van der Waals surface area contributed by atoms with Crippen LogP contribution < -0.4 is 0 Å². The van der Waals surface area contributed by atoms with Crippen LogP contribution in [0.1, 0.15) is 57.8 Å². The molecule has 4 nitrogen and oxygen atoms in total. The van der Waals surface area contributed by atoms with Crippen molar-refractivity contribution in [1.82, 2.24) is 4.98 Å². The van der Waals surface area contributed by atoms with Crippen molar-refractivity contribution in [3.63, 3.8) is 0 Å². The largest absolute Gasteiger partial charge is 0.469 e. The minimum Gasteiger partial charge on any atom is -0.469 e. The zero-order valence-corrected chi connectivity index (χ0v) is 18.8. The van der Waals surface area contributed by atoms with Gasteiger partial charge < -0.3 is 9.16 Å². The summed E-state index contributed by atoms with van der Waals surface area (Å²) in [5.41, 5.74) is 2.99. The van der Waals surface area contributed by atoms with Crippen LogP contribution in [0.3, 0.4) is 0 Å². The van der Waals surface area contributed by atoms with Gasteiger partial charge in [-0.15, -0.1) is 0 Å². The van der Waals surface area contributed by atoms with E-state index in [9.17, 15) is 4.79 Å². The van der Waals surface area contributed by atoms with Crippen molar-refractivity contribution < 1.29 is 14.0 Å². The molecule has 2 rings (SSSR count). The van der Waals surface area contributed by atoms with E-state index in [0.717, 1.165) is 42.6 Å². The fourth-order valence-corrected chi connectivity index (χ4v) is 4.20. The van der Waals surface area contributed by atoms with Crippen molar-refractivity contribution in [2.75, 3.05) is 7.11 Å². The van der Waals surface area contributed by atoms with E-state index in [-0.39, 0.29) is 16.9 Å². The van der Waals surface area contributed by atoms with E-state index in [1.54, 1.807) is 0 Å². The maximum atomic E-state index is 11.7. The van der Waals surface area contributed by atoms with Crippen molar-refractivity contribution in [2.24, 2.45) is 11.8 Å². The smallest absolute Gasteiger partial charge is 0.308 e. The normalized spacial score (nSPS) is 21.0. The van der Waals surface area contributed by atoms with Crippen LogP contribution >= 0.6 is 0 Å². The number of ether oxygens (including phenoxy) is 1. The molecule has 0 amide bonds. The molecule has 1 aliphatic rings. The second-order valence-corrected chi connectivity index (χ2v) is 14.0. The summed E-state index contributed by atoms with van der Waals surface area (Å²) in [4.78, 5) is 16.5. The molecule has 0 aliphatic heterocycles. The molecule has 1 aromatic rings. The molecule has 1 saturated carbocycles. The van der Waals surface area contributed by atoms with E-state index < -0.39 is 8.32 Å². The summed E-state index contributed by atoms with van der Waals surface area (Å²) < 4.78 is 11.2. The number of hydrogen-bond acceptors (Lipinski definition) is 4. The number of nitrogens with zero attached hydrogens (tertiary/aromatic N) is 1. The highest BCUT2D eigenvalue weighted by atomic mass is 28.4. The molecular formula is C22H35NO3Si. The van der Waals surface area contributed by atoms with E-state index in [4.69, 9.17) is 14.1 Å². The number of carbonyl (C=O) groups excluding carboxylic acids is 1. The maximum Gasteiger partial charge on any atom is 0.308 e. The van der Waals surface area contributed by atoms with Crippen LogP contribution in [-0.2, 0) is 20.6 Å². The molecule has 1 aromatic heterocycles. The Morgan fingerprint density at radius 3 is 2.33 bits per heavy atom. The van der Waals surface area contributed by atoms with Crippen molar-refractivity contribution in [1.29, 1.82) is 0 Å². The van der Waals surface area contributed by atoms with Crippen LogP contribution in [0.15, 0.2) is 24.8 Å². The van der Waals surface area contributed by atoms with Crippen molar-refractivity contribution in [3.8, 4) is 0 Å². The number of pyridine rings is 1. The number of methoxy groups -OCH3 is 1. The lowest BCUT2D eigenvalue weighted by Gasteiger charge is -2.36. The first-order valence-corrected chi connectivity index (χ1v) is 12.8. The minimum atomic E-state index is -1.79. The molecule has 0 saturated heterocycles. The predicted molar refractivity (Wildman–Crippen MR) is 113 cm³/mol. The summed E-state index contributed by atoms with van der Waals surface area (Å²) in [6.07, 6.45) is 3.66. The summed E-state index contributed by atoms with van der Waals surface area (Å²) in [5.74, 6) is 0.341. The highest BCUT2D eigenvalue weighted by molar-refractivity contribution is 6.74. The first-order valence-electron chi connectivity index (χ1n) is 9.92. The zero-order chi connectivity index (χ0) is 20.2. The molecule has 150 valence electrons. The van der Waals surface area contributed by atoms with Crippen LogP contribution in [-0.4, -0.2) is 26.4 Å². The molecular weight excluding hydrogens is 354 g/mol. The molecule has 27 heavy (non-hydrogen) atoms. The third kappa shape index (κ3) is 5.52. The fraction of sp³-hybridized carbons (Fsp3) is 0.636. The minimum absolute atomic E-state index is 0.0383. The second-order valence-electron chi connectivity index (χ2n) is 9.16. The Morgan fingerprint density at radius 2 is 1.78 bits per heavy atom. The Morgan fingerprint density at radius 1 is 1.19 bits per heavy atom. The van der Waals surface area contributed by atoms with Gasteiger partial charge in [0.1, 0.15) is 0 Å². The summed E-state index contributed by atoms with van der Waals surface area (Å²) >= 11 is 0. The Balaban J connectivity index is 1.99. The molecule has 0 atom stereocenters. The van der Waals surface area contributed by atoms with Crippen LogP contribution in [0.2, 0.25) is 18.1 Å². The molecule has 0 N–H and O–H groups in total. The molecule has 5 heteroatoms. The standard InChI is InChI=1S/C22H35NO3Si/c1-16(17-11-13-18(14-12-17)21(24)25-5)20-10-8-9-19(23-20)15-26-27(6,7)22(2,3)4/h8-10,17-18H,1,11-15H2,2-7H3/t17-,18-. The van der Waals surface area contributed by atoms with Crippen molar-refractivity contribution >= 4 is 19.9 Å². The average molecular weight is 390 g/mol. The average Bonchev–Trinajstić information content (AvgIpc) is 2.64. The van der Waals surface area contributed by atoms with Gasteiger partial charge in [-0.3, -0.25) is 9.78 Å². The van der Waals surface area contributed by atoms with Gasteiger partial charge in [-0.05, 0) is 67.4 Å². The van der Waals surface area contributed by atoms with Crippen LogP contribution in [0.5, 0.6) is 0 Å². The topological polar surface area (TPSA) is 48.4 Å². The maximum absolute atomic E-state index is 11.7. The van der Waals surface area contributed by atoms with Crippen molar-refractivity contribution in [3.05, 3.63) is 36.2 Å². The van der Waals surface area contributed by atoms with Gasteiger partial charge in [-0.1, -0.05) is 33.4 Å². The van der Waals surface area contributed by atoms with Gasteiger partial charge in [-0.2, -0.15) is 0 Å². The molecule has 1 aliphatic carbocycles. The molecule has 0 unspecified atom stereocenters. The number of hydrogen-bond donors (Lipinski definition) is 0. The first kappa shape index (κ1) is 21.8. The summed E-state index contributed by atoms with van der Waals surface area (Å²) in [7, 11) is -0.326. The van der Waals surface area contributed by atoms with Gasteiger partial charge in [0.15, 0.2) is 8.32 Å². The van der Waals surface area contributed by atoms with Gasteiger partial charge >= 0.3 is 5.97 Å². The highest BCUT2D eigenvalue weighted by Gasteiger charge is 2.37. The monoisotopic (exact) mass is 389 g/mol. The molecule has 1 fully saturated rings. The summed E-state index contributed by atoms with van der Waals surface area (Å²) in [6.45, 7) is 16.1. The summed E-state index contributed by atoms with van der Waals surface area (Å²) in [6, 6.07) is 6.10. The fourth-order valence-electron chi connectivity index (χ4n) is 3.26. The lowest BCUT2D eigenvalue weighted by atomic mass is 9.78. The molecule has 0 radical (unpaired) electrons. The Hall–Kier alpha value is -1.46. The Kier molecular flexibility index (Phi) is 7.03. The van der Waals surface area contributed by atoms with Gasteiger partial charge in [0.05, 0.1) is 31.0 Å². The highest BCUT2D eigenvalue weighted by Crippen LogP contribution is 2.38. The lowest BCUT2D eigenvalue weighted by molar-refractivity contribution is -0.146. The number of aromatic nitrogens is 1. The van der Waals surface area contributed by atoms with E-state index in [0.29, 0.717) is 12.5 Å². The van der Waals surface area contributed by atoms with Gasteiger partial charge in [0.25, 0.3) is 0 Å². The first-order chi connectivity index (χ1) is 12.5. The van der Waals surface area contributed by atoms with Crippen molar-refractivity contribution in [2.45, 2.75) is 71.2 Å². The third-order valence-electron chi connectivity index (χ3n) is 6.28. The molecule has 0 aromatic carbocycles. The molecule has 1 heterocycles. The number of allylic oxidation sites excluding steroid dienone is 1. The predicted octanol–water partition coefficient (Wildman–Crippen LogP) is 5.60. The number of esters is 1. The molecule has 0 bridgehead atoms.